The Morgan fingerprint density at radius 1 is 1.26 bits per heavy atom. The molecule has 6 nitrogen and oxygen atoms in total. The lowest BCUT2D eigenvalue weighted by Gasteiger charge is -2.08. The van der Waals surface area contributed by atoms with Crippen molar-refractivity contribution in [3.63, 3.8) is 0 Å². The van der Waals surface area contributed by atoms with E-state index in [0.717, 1.165) is 22.2 Å². The first-order valence-corrected chi connectivity index (χ1v) is 9.66. The lowest BCUT2D eigenvalue weighted by atomic mass is 10.1. The molecule has 1 heterocycles. The Hall–Kier alpha value is -2.58. The lowest BCUT2D eigenvalue weighted by molar-refractivity contribution is -0.136. The molecule has 0 fully saturated rings. The van der Waals surface area contributed by atoms with Crippen molar-refractivity contribution in [2.24, 2.45) is 0 Å². The molecule has 0 unspecified atom stereocenters. The average molecular weight is 412 g/mol. The van der Waals surface area contributed by atoms with Crippen molar-refractivity contribution in [2.45, 2.75) is 17.7 Å². The lowest BCUT2D eigenvalue weighted by Crippen LogP contribution is -2.12. The number of aryl methyl sites for hydroxylation is 1. The number of carbonyl (C=O) groups is 1. The molecule has 0 atom stereocenters. The third-order valence-corrected chi connectivity index (χ3v) is 6.08. The topological polar surface area (TPSA) is 85.6 Å². The normalized spacial score (nSPS) is 11.7. The van der Waals surface area contributed by atoms with Crippen LogP contribution in [-0.2, 0) is 21.2 Å². The molecule has 0 spiro atoms. The second-order valence-electron chi connectivity index (χ2n) is 5.81. The Morgan fingerprint density at radius 2 is 2.00 bits per heavy atom. The van der Waals surface area contributed by atoms with Crippen molar-refractivity contribution in [3.8, 4) is 5.75 Å². The molecule has 0 aliphatic carbocycles. The number of ether oxygens (including phenoxy) is 1. The van der Waals surface area contributed by atoms with E-state index < -0.39 is 21.8 Å². The number of aliphatic carboxylic acids is 1. The second kappa shape index (κ2) is 7.21. The second-order valence-corrected chi connectivity index (χ2v) is 8.03. The van der Waals surface area contributed by atoms with Crippen molar-refractivity contribution in [1.29, 1.82) is 0 Å². The zero-order chi connectivity index (χ0) is 19.8. The molecule has 142 valence electrons. The number of halogens is 2. The maximum atomic E-state index is 13.4. The maximum Gasteiger partial charge on any atom is 0.303 e. The molecule has 0 bridgehead atoms. The average Bonchev–Trinajstić information content (AvgIpc) is 3.00. The van der Waals surface area contributed by atoms with E-state index in [1.807, 2.05) is 0 Å². The van der Waals surface area contributed by atoms with Crippen LogP contribution >= 0.6 is 11.6 Å². The van der Waals surface area contributed by atoms with Gasteiger partial charge in [0.1, 0.15) is 11.6 Å². The number of carboxylic acids is 1. The number of benzene rings is 2. The largest absolute Gasteiger partial charge is 0.497 e. The van der Waals surface area contributed by atoms with Crippen LogP contribution < -0.4 is 4.74 Å². The van der Waals surface area contributed by atoms with Crippen molar-refractivity contribution in [3.05, 3.63) is 59.0 Å². The molecule has 0 radical (unpaired) electrons. The minimum atomic E-state index is -4.06. The van der Waals surface area contributed by atoms with Crippen molar-refractivity contribution in [1.82, 2.24) is 3.97 Å². The van der Waals surface area contributed by atoms with Gasteiger partial charge in [0.25, 0.3) is 10.0 Å². The quantitative estimate of drug-likeness (QED) is 0.668. The van der Waals surface area contributed by atoms with E-state index >= 15 is 0 Å². The number of methoxy groups -OCH3 is 1. The molecule has 3 rings (SSSR count). The Kier molecular flexibility index (Phi) is 5.12. The van der Waals surface area contributed by atoms with Crippen LogP contribution in [0.15, 0.2) is 47.5 Å². The summed E-state index contributed by atoms with van der Waals surface area (Å²) >= 11 is 5.72. The molecule has 0 aliphatic rings. The fourth-order valence-corrected chi connectivity index (χ4v) is 4.43. The monoisotopic (exact) mass is 411 g/mol. The summed E-state index contributed by atoms with van der Waals surface area (Å²) in [5, 5.41) is 9.21. The third kappa shape index (κ3) is 3.63. The Labute approximate surface area is 159 Å². The van der Waals surface area contributed by atoms with Gasteiger partial charge in [0.15, 0.2) is 0 Å². The van der Waals surface area contributed by atoms with E-state index in [4.69, 9.17) is 21.4 Å². The number of rotatable bonds is 6. The Bertz CT molecular complexity index is 1140. The molecular formula is C18H15ClFNO5S. The van der Waals surface area contributed by atoms with Gasteiger partial charge in [-0.15, -0.1) is 0 Å². The molecule has 0 saturated carbocycles. The van der Waals surface area contributed by atoms with Crippen molar-refractivity contribution >= 4 is 38.5 Å². The van der Waals surface area contributed by atoms with E-state index in [-0.39, 0.29) is 22.8 Å². The van der Waals surface area contributed by atoms with E-state index in [1.165, 1.54) is 13.3 Å². The highest BCUT2D eigenvalue weighted by molar-refractivity contribution is 7.90. The van der Waals surface area contributed by atoms with Crippen LogP contribution in [0.3, 0.4) is 0 Å². The molecule has 1 N–H and O–H groups in total. The van der Waals surface area contributed by atoms with Crippen LogP contribution in [0, 0.1) is 5.82 Å². The van der Waals surface area contributed by atoms with Gasteiger partial charge in [0, 0.05) is 18.0 Å². The summed E-state index contributed by atoms with van der Waals surface area (Å²) in [7, 11) is -2.59. The highest BCUT2D eigenvalue weighted by Crippen LogP contribution is 2.31. The Balaban J connectivity index is 2.20. The van der Waals surface area contributed by atoms with Gasteiger partial charge in [-0.2, -0.15) is 0 Å². The summed E-state index contributed by atoms with van der Waals surface area (Å²) in [6.07, 6.45) is 1.37. The first-order chi connectivity index (χ1) is 12.7. The predicted molar refractivity (Wildman–Crippen MR) is 98.4 cm³/mol. The van der Waals surface area contributed by atoms with E-state index in [2.05, 4.69) is 0 Å². The highest BCUT2D eigenvalue weighted by Gasteiger charge is 2.23. The first-order valence-electron chi connectivity index (χ1n) is 7.84. The van der Waals surface area contributed by atoms with E-state index in [1.54, 1.807) is 18.2 Å². The standard InChI is InChI=1S/C18H15ClFNO5S/c1-26-12-3-6-17-14(8-12)11(2-7-18(22)23)10-21(17)27(24,25)13-4-5-16(20)15(19)9-13/h3-6,8-10H,2,7H2,1H3,(H,22,23). The van der Waals surface area contributed by atoms with Crippen LogP contribution in [0.25, 0.3) is 10.9 Å². The number of hydrogen-bond donors (Lipinski definition) is 1. The first kappa shape index (κ1) is 19.2. The molecule has 27 heavy (non-hydrogen) atoms. The van der Waals surface area contributed by atoms with Crippen molar-refractivity contribution < 1.29 is 27.4 Å². The number of aromatic nitrogens is 1. The van der Waals surface area contributed by atoms with Crippen LogP contribution in [0.5, 0.6) is 5.75 Å². The molecule has 2 aromatic carbocycles. The molecule has 9 heteroatoms. The minimum Gasteiger partial charge on any atom is -0.497 e. The number of hydrogen-bond acceptors (Lipinski definition) is 4. The van der Waals surface area contributed by atoms with E-state index in [0.29, 0.717) is 22.2 Å². The summed E-state index contributed by atoms with van der Waals surface area (Å²) in [5.74, 6) is -1.20. The predicted octanol–water partition coefficient (Wildman–Crippen LogP) is 3.70. The fraction of sp³-hybridized carbons (Fsp3) is 0.167. The number of nitrogens with zero attached hydrogens (tertiary/aromatic N) is 1. The van der Waals surface area contributed by atoms with Gasteiger partial charge in [-0.3, -0.25) is 4.79 Å². The number of fused-ring (bicyclic) bond motifs is 1. The van der Waals surface area contributed by atoms with Gasteiger partial charge in [-0.25, -0.2) is 16.8 Å². The van der Waals surface area contributed by atoms with Gasteiger partial charge >= 0.3 is 5.97 Å². The third-order valence-electron chi connectivity index (χ3n) is 4.12. The summed E-state index contributed by atoms with van der Waals surface area (Å²) in [4.78, 5) is 10.8. The maximum absolute atomic E-state index is 13.4. The summed E-state index contributed by atoms with van der Waals surface area (Å²) in [6, 6.07) is 7.97. The summed E-state index contributed by atoms with van der Waals surface area (Å²) < 4.78 is 45.7. The van der Waals surface area contributed by atoms with E-state index in [9.17, 15) is 17.6 Å². The molecule has 3 aromatic rings. The Morgan fingerprint density at radius 3 is 2.63 bits per heavy atom. The van der Waals surface area contributed by atoms with Gasteiger partial charge in [-0.1, -0.05) is 11.6 Å². The zero-order valence-corrected chi connectivity index (χ0v) is 15.7. The van der Waals surface area contributed by atoms with Gasteiger partial charge < -0.3 is 9.84 Å². The number of carboxylic acid groups (broad SMARTS) is 1. The van der Waals surface area contributed by atoms with Gasteiger partial charge in [0.2, 0.25) is 0 Å². The molecule has 0 amide bonds. The molecule has 0 saturated heterocycles. The molecule has 1 aromatic heterocycles. The van der Waals surface area contributed by atoms with Crippen LogP contribution in [-0.4, -0.2) is 30.6 Å². The molecule has 0 aliphatic heterocycles. The van der Waals surface area contributed by atoms with Crippen LogP contribution in [0.1, 0.15) is 12.0 Å². The summed E-state index contributed by atoms with van der Waals surface area (Å²) in [6.45, 7) is 0. The van der Waals surface area contributed by atoms with Crippen molar-refractivity contribution in [2.75, 3.05) is 7.11 Å². The smallest absolute Gasteiger partial charge is 0.303 e. The van der Waals surface area contributed by atoms with Gasteiger partial charge in [-0.05, 0) is 48.4 Å². The van der Waals surface area contributed by atoms with Crippen LogP contribution in [0.2, 0.25) is 5.02 Å². The van der Waals surface area contributed by atoms with Gasteiger partial charge in [0.05, 0.1) is 22.5 Å². The van der Waals surface area contributed by atoms with Crippen LogP contribution in [0.4, 0.5) is 4.39 Å². The zero-order valence-electron chi connectivity index (χ0n) is 14.1. The fourth-order valence-electron chi connectivity index (χ4n) is 2.76. The SMILES string of the molecule is COc1ccc2c(c1)c(CCC(=O)O)cn2S(=O)(=O)c1ccc(F)c(Cl)c1. The summed E-state index contributed by atoms with van der Waals surface area (Å²) in [5.41, 5.74) is 0.903. The molecular weight excluding hydrogens is 397 g/mol. The highest BCUT2D eigenvalue weighted by atomic mass is 35.5. The minimum absolute atomic E-state index is 0.145.